The number of rotatable bonds is 5. The predicted molar refractivity (Wildman–Crippen MR) is 88.7 cm³/mol. The number of amides is 1. The van der Waals surface area contributed by atoms with Gasteiger partial charge in [-0.3, -0.25) is 19.6 Å². The Morgan fingerprint density at radius 3 is 2.54 bits per heavy atom. The van der Waals surface area contributed by atoms with Crippen molar-refractivity contribution in [2.45, 2.75) is 70.6 Å². The summed E-state index contributed by atoms with van der Waals surface area (Å²) in [5.74, 6) is 0.0801. The molecule has 1 N–H and O–H groups in total. The van der Waals surface area contributed by atoms with E-state index in [2.05, 4.69) is 10.4 Å². The number of nitrogens with zero attached hydrogens (tertiary/aromatic N) is 4. The second-order valence-electron chi connectivity index (χ2n) is 7.02. The van der Waals surface area contributed by atoms with E-state index in [1.165, 1.54) is 12.8 Å². The summed E-state index contributed by atoms with van der Waals surface area (Å²) in [5, 5.41) is 18.8. The maximum absolute atomic E-state index is 12.5. The molecule has 8 nitrogen and oxygen atoms in total. The molecule has 2 unspecified atom stereocenters. The van der Waals surface area contributed by atoms with Crippen molar-refractivity contribution in [2.24, 2.45) is 0 Å². The van der Waals surface area contributed by atoms with Crippen LogP contribution in [0.25, 0.3) is 0 Å². The smallest absolute Gasteiger partial charge is 0.312 e. The lowest BCUT2D eigenvalue weighted by molar-refractivity contribution is -0.386. The molecule has 2 bridgehead atoms. The zero-order valence-corrected chi connectivity index (χ0v) is 14.5. The number of aromatic nitrogens is 2. The van der Waals surface area contributed by atoms with Crippen molar-refractivity contribution in [3.63, 3.8) is 0 Å². The number of hydrogen-bond donors (Lipinski definition) is 1. The topological polar surface area (TPSA) is 93.3 Å². The first-order valence-corrected chi connectivity index (χ1v) is 8.57. The van der Waals surface area contributed by atoms with Crippen molar-refractivity contribution in [1.82, 2.24) is 20.0 Å². The van der Waals surface area contributed by atoms with Crippen molar-refractivity contribution < 1.29 is 9.72 Å². The minimum absolute atomic E-state index is 0.0470. The summed E-state index contributed by atoms with van der Waals surface area (Å²) >= 11 is 0. The summed E-state index contributed by atoms with van der Waals surface area (Å²) in [6.07, 6.45) is 4.76. The molecule has 0 aromatic carbocycles. The maximum atomic E-state index is 12.5. The number of fused-ring (bicyclic) bond motifs is 2. The number of carbonyl (C=O) groups is 1. The van der Waals surface area contributed by atoms with E-state index < -0.39 is 4.92 Å². The van der Waals surface area contributed by atoms with Crippen LogP contribution in [0.3, 0.4) is 0 Å². The summed E-state index contributed by atoms with van der Waals surface area (Å²) in [6, 6.07) is 1.39. The number of hydrogen-bond acceptors (Lipinski definition) is 5. The average molecular weight is 335 g/mol. The van der Waals surface area contributed by atoms with Crippen LogP contribution in [0.4, 0.5) is 5.69 Å². The van der Waals surface area contributed by atoms with Crippen LogP contribution >= 0.6 is 0 Å². The van der Waals surface area contributed by atoms with E-state index in [0.29, 0.717) is 42.5 Å². The van der Waals surface area contributed by atoms with Gasteiger partial charge in [-0.2, -0.15) is 5.10 Å². The molecule has 0 aliphatic carbocycles. The van der Waals surface area contributed by atoms with Crippen LogP contribution in [0, 0.1) is 24.0 Å². The standard InChI is InChI=1S/C16H25N5O3/c1-10-16(21(23)24)11(2)20(18-10)7-6-15(22)19(3)14-8-12-4-5-13(9-14)17-12/h12-14,17H,4-9H2,1-3H3. The van der Waals surface area contributed by atoms with Crippen LogP contribution in [0.5, 0.6) is 0 Å². The molecular formula is C16H25N5O3. The Morgan fingerprint density at radius 2 is 2.00 bits per heavy atom. The van der Waals surface area contributed by atoms with Crippen LogP contribution in [0.1, 0.15) is 43.5 Å². The Hall–Kier alpha value is -1.96. The van der Waals surface area contributed by atoms with E-state index in [0.717, 1.165) is 12.8 Å². The molecule has 0 spiro atoms. The minimum atomic E-state index is -0.410. The second-order valence-corrected chi connectivity index (χ2v) is 7.02. The van der Waals surface area contributed by atoms with E-state index in [1.807, 2.05) is 11.9 Å². The van der Waals surface area contributed by atoms with E-state index in [9.17, 15) is 14.9 Å². The van der Waals surface area contributed by atoms with Crippen molar-refractivity contribution in [3.8, 4) is 0 Å². The van der Waals surface area contributed by atoms with Crippen LogP contribution in [0.15, 0.2) is 0 Å². The molecule has 2 atom stereocenters. The predicted octanol–water partition coefficient (Wildman–Crippen LogP) is 1.54. The second kappa shape index (κ2) is 6.51. The molecule has 1 amide bonds. The highest BCUT2D eigenvalue weighted by Gasteiger charge is 2.36. The van der Waals surface area contributed by atoms with Crippen molar-refractivity contribution >= 4 is 11.6 Å². The molecule has 3 rings (SSSR count). The van der Waals surface area contributed by atoms with Crippen LogP contribution in [-0.2, 0) is 11.3 Å². The van der Waals surface area contributed by atoms with Gasteiger partial charge in [-0.15, -0.1) is 0 Å². The number of nitro groups is 1. The summed E-state index contributed by atoms with van der Waals surface area (Å²) in [5.41, 5.74) is 0.951. The van der Waals surface area contributed by atoms with Gasteiger partial charge in [0.15, 0.2) is 0 Å². The number of carbonyl (C=O) groups excluding carboxylic acids is 1. The highest BCUT2D eigenvalue weighted by atomic mass is 16.6. The van der Waals surface area contributed by atoms with Crippen LogP contribution in [-0.4, -0.2) is 50.7 Å². The minimum Gasteiger partial charge on any atom is -0.343 e. The molecule has 132 valence electrons. The Kier molecular flexibility index (Phi) is 4.58. The molecule has 2 aliphatic rings. The molecule has 8 heteroatoms. The van der Waals surface area contributed by atoms with Gasteiger partial charge in [-0.25, -0.2) is 0 Å². The zero-order valence-electron chi connectivity index (χ0n) is 14.5. The molecule has 2 aliphatic heterocycles. The molecule has 2 saturated heterocycles. The van der Waals surface area contributed by atoms with Gasteiger partial charge in [0.25, 0.3) is 0 Å². The fourth-order valence-electron chi connectivity index (χ4n) is 4.09. The molecule has 0 saturated carbocycles. The summed E-state index contributed by atoms with van der Waals surface area (Å²) in [7, 11) is 1.88. The molecule has 2 fully saturated rings. The highest BCUT2D eigenvalue weighted by molar-refractivity contribution is 5.76. The van der Waals surface area contributed by atoms with Crippen molar-refractivity contribution in [1.29, 1.82) is 0 Å². The fourth-order valence-corrected chi connectivity index (χ4v) is 4.09. The first-order valence-electron chi connectivity index (χ1n) is 8.57. The van der Waals surface area contributed by atoms with Crippen LogP contribution in [0.2, 0.25) is 0 Å². The fraction of sp³-hybridized carbons (Fsp3) is 0.750. The van der Waals surface area contributed by atoms with Gasteiger partial charge in [0.1, 0.15) is 11.4 Å². The lowest BCUT2D eigenvalue weighted by Crippen LogP contribution is -2.48. The van der Waals surface area contributed by atoms with Gasteiger partial charge in [-0.1, -0.05) is 0 Å². The van der Waals surface area contributed by atoms with Gasteiger partial charge in [0, 0.05) is 31.6 Å². The van der Waals surface area contributed by atoms with Gasteiger partial charge in [0.05, 0.1) is 11.5 Å². The lowest BCUT2D eigenvalue weighted by Gasteiger charge is -2.35. The molecular weight excluding hydrogens is 310 g/mol. The van der Waals surface area contributed by atoms with Crippen molar-refractivity contribution in [3.05, 3.63) is 21.5 Å². The van der Waals surface area contributed by atoms with E-state index >= 15 is 0 Å². The Bertz CT molecular complexity index is 644. The van der Waals surface area contributed by atoms with Gasteiger partial charge < -0.3 is 10.2 Å². The van der Waals surface area contributed by atoms with Crippen molar-refractivity contribution in [2.75, 3.05) is 7.05 Å². The molecule has 1 aromatic heterocycles. The van der Waals surface area contributed by atoms with Crippen LogP contribution < -0.4 is 5.32 Å². The Balaban J connectivity index is 1.59. The van der Waals surface area contributed by atoms with E-state index in [-0.39, 0.29) is 11.6 Å². The molecule has 3 heterocycles. The van der Waals surface area contributed by atoms with Gasteiger partial charge >= 0.3 is 5.69 Å². The lowest BCUT2D eigenvalue weighted by atomic mass is 9.98. The summed E-state index contributed by atoms with van der Waals surface area (Å²) in [6.45, 7) is 3.68. The summed E-state index contributed by atoms with van der Waals surface area (Å²) < 4.78 is 1.57. The third-order valence-corrected chi connectivity index (χ3v) is 5.45. The van der Waals surface area contributed by atoms with Gasteiger partial charge in [0.2, 0.25) is 5.91 Å². The Morgan fingerprint density at radius 1 is 1.38 bits per heavy atom. The molecule has 0 radical (unpaired) electrons. The average Bonchev–Trinajstić information content (AvgIpc) is 3.02. The largest absolute Gasteiger partial charge is 0.343 e. The highest BCUT2D eigenvalue weighted by Crippen LogP contribution is 2.29. The molecule has 24 heavy (non-hydrogen) atoms. The SMILES string of the molecule is Cc1nn(CCC(=O)N(C)C2CC3CCC(C2)N3)c(C)c1[N+](=O)[O-]. The normalized spacial score (nSPS) is 25.7. The quantitative estimate of drug-likeness (QED) is 0.651. The molecule has 1 aromatic rings. The monoisotopic (exact) mass is 335 g/mol. The first-order chi connectivity index (χ1) is 11.4. The Labute approximate surface area is 141 Å². The third kappa shape index (κ3) is 3.15. The van der Waals surface area contributed by atoms with E-state index in [4.69, 9.17) is 0 Å². The summed E-state index contributed by atoms with van der Waals surface area (Å²) in [4.78, 5) is 25.0. The van der Waals surface area contributed by atoms with E-state index in [1.54, 1.807) is 18.5 Å². The first kappa shape index (κ1) is 16.9. The maximum Gasteiger partial charge on any atom is 0.312 e. The number of piperidine rings is 1. The third-order valence-electron chi connectivity index (χ3n) is 5.45. The zero-order chi connectivity index (χ0) is 17.4. The van der Waals surface area contributed by atoms with Gasteiger partial charge in [-0.05, 0) is 39.5 Å². The number of nitrogens with one attached hydrogen (secondary N) is 1. The number of aryl methyl sites for hydroxylation is 2.